The fraction of sp³-hybridized carbons (Fsp3) is 0.929. The molecule has 0 heterocycles. The van der Waals surface area contributed by atoms with E-state index in [-0.39, 0.29) is 6.10 Å². The van der Waals surface area contributed by atoms with E-state index in [0.29, 0.717) is 22.2 Å². The number of hydrogen-bond donors (Lipinski definition) is 1. The van der Waals surface area contributed by atoms with E-state index in [0.717, 1.165) is 29.6 Å². The van der Waals surface area contributed by atoms with Crippen LogP contribution >= 0.6 is 0 Å². The summed E-state index contributed by atoms with van der Waals surface area (Å²) in [6, 6.07) is 0. The van der Waals surface area contributed by atoms with Gasteiger partial charge in [-0.25, -0.2) is 0 Å². The van der Waals surface area contributed by atoms with Crippen molar-refractivity contribution in [2.24, 2.45) is 51.8 Å². The molecule has 0 aromatic carbocycles. The monoisotopic (exact) mass is 400 g/mol. The lowest BCUT2D eigenvalue weighted by atomic mass is 9.43. The predicted octanol–water partition coefficient (Wildman–Crippen LogP) is 7.63. The highest BCUT2D eigenvalue weighted by Gasteiger charge is 2.60. The summed E-state index contributed by atoms with van der Waals surface area (Å²) in [6.07, 6.45) is 18.5. The van der Waals surface area contributed by atoms with Crippen LogP contribution in [0.1, 0.15) is 106 Å². The van der Waals surface area contributed by atoms with Crippen molar-refractivity contribution < 1.29 is 5.11 Å². The Balaban J connectivity index is 1.47. The van der Waals surface area contributed by atoms with Crippen molar-refractivity contribution in [1.29, 1.82) is 0 Å². The molecule has 4 fully saturated rings. The third kappa shape index (κ3) is 3.77. The van der Waals surface area contributed by atoms with Crippen LogP contribution in [0, 0.1) is 51.8 Å². The van der Waals surface area contributed by atoms with E-state index in [9.17, 15) is 5.11 Å². The van der Waals surface area contributed by atoms with E-state index < -0.39 is 0 Å². The van der Waals surface area contributed by atoms with Gasteiger partial charge in [-0.15, -0.1) is 0 Å². The molecule has 0 spiro atoms. The minimum atomic E-state index is -0.276. The van der Waals surface area contributed by atoms with Crippen molar-refractivity contribution in [2.75, 3.05) is 0 Å². The fourth-order valence-electron chi connectivity index (χ4n) is 8.74. The minimum absolute atomic E-state index is 0.276. The Kier molecular flexibility index (Phi) is 5.81. The van der Waals surface area contributed by atoms with Crippen LogP contribution in [0.3, 0.4) is 0 Å². The molecule has 4 aliphatic rings. The molecule has 0 saturated heterocycles. The molecule has 1 N–H and O–H groups in total. The van der Waals surface area contributed by atoms with Crippen LogP contribution in [-0.4, -0.2) is 11.2 Å². The number of allylic oxidation sites excluding steroid dienone is 1. The quantitative estimate of drug-likeness (QED) is 0.481. The molecule has 0 aromatic rings. The highest BCUT2D eigenvalue weighted by atomic mass is 16.3. The van der Waals surface area contributed by atoms with Gasteiger partial charge in [0.05, 0.1) is 6.10 Å². The first-order valence-electron chi connectivity index (χ1n) is 12.9. The highest BCUT2D eigenvalue weighted by Crippen LogP contribution is 2.68. The zero-order valence-electron chi connectivity index (χ0n) is 20.2. The van der Waals surface area contributed by atoms with Crippen LogP contribution in [0.2, 0.25) is 0 Å². The van der Waals surface area contributed by atoms with E-state index in [1.807, 2.05) is 0 Å². The van der Waals surface area contributed by atoms with Gasteiger partial charge in [-0.2, -0.15) is 0 Å². The first kappa shape index (κ1) is 21.9. The summed E-state index contributed by atoms with van der Waals surface area (Å²) in [7, 11) is 0. The fourth-order valence-corrected chi connectivity index (χ4v) is 8.74. The lowest BCUT2D eigenvalue weighted by Crippen LogP contribution is -2.54. The zero-order valence-corrected chi connectivity index (χ0v) is 20.2. The van der Waals surface area contributed by atoms with Crippen LogP contribution in [0.25, 0.3) is 0 Å². The van der Waals surface area contributed by atoms with Gasteiger partial charge in [-0.05, 0) is 116 Å². The molecule has 7 unspecified atom stereocenters. The van der Waals surface area contributed by atoms with Gasteiger partial charge in [-0.1, -0.05) is 53.7 Å². The minimum Gasteiger partial charge on any atom is -0.389 e. The average Bonchev–Trinajstić information content (AvgIpc) is 2.98. The molecule has 4 rings (SSSR count). The van der Waals surface area contributed by atoms with Crippen LogP contribution in [0.4, 0.5) is 0 Å². The second-order valence-corrected chi connectivity index (χ2v) is 13.2. The van der Waals surface area contributed by atoms with Gasteiger partial charge >= 0.3 is 0 Å². The third-order valence-corrected chi connectivity index (χ3v) is 10.8. The summed E-state index contributed by atoms with van der Waals surface area (Å²) in [6.45, 7) is 14.6. The number of aliphatic hydroxyl groups is 1. The summed E-state index contributed by atoms with van der Waals surface area (Å²) in [5, 5.41) is 10.1. The van der Waals surface area contributed by atoms with Crippen molar-refractivity contribution in [2.45, 2.75) is 112 Å². The summed E-state index contributed by atoms with van der Waals surface area (Å²) in [4.78, 5) is 0. The Morgan fingerprint density at radius 1 is 0.862 bits per heavy atom. The maximum absolute atomic E-state index is 10.1. The van der Waals surface area contributed by atoms with Gasteiger partial charge in [0.2, 0.25) is 0 Å². The number of aliphatic hydroxyl groups excluding tert-OH is 1. The van der Waals surface area contributed by atoms with Crippen LogP contribution in [-0.2, 0) is 0 Å². The highest BCUT2D eigenvalue weighted by molar-refractivity contribution is 5.10. The van der Waals surface area contributed by atoms with Crippen LogP contribution in [0.15, 0.2) is 12.2 Å². The lowest BCUT2D eigenvalue weighted by Gasteiger charge is -2.62. The standard InChI is InChI=1S/C28H48O/c1-19(2)25(29)9-7-8-20-11-13-23-22-12-10-21-18-26(3,4)16-17-28(21,6)24(22)14-15-27(20,23)5/h7,9,19-25,29H,8,10-18H2,1-6H3/b9-7+/t20?,21-,22?,23?,24?,25?,27?,28?/m0/s1. The van der Waals surface area contributed by atoms with E-state index >= 15 is 0 Å². The van der Waals surface area contributed by atoms with Crippen LogP contribution < -0.4 is 0 Å². The van der Waals surface area contributed by atoms with E-state index in [1.54, 1.807) is 0 Å². The summed E-state index contributed by atoms with van der Waals surface area (Å²) in [5.74, 6) is 5.08. The van der Waals surface area contributed by atoms with E-state index in [4.69, 9.17) is 0 Å². The normalized spacial score (nSPS) is 47.7. The van der Waals surface area contributed by atoms with Gasteiger partial charge in [0.25, 0.3) is 0 Å². The molecular weight excluding hydrogens is 352 g/mol. The van der Waals surface area contributed by atoms with E-state index in [2.05, 4.69) is 53.7 Å². The maximum atomic E-state index is 10.1. The number of hydrogen-bond acceptors (Lipinski definition) is 1. The molecule has 0 amide bonds. The summed E-state index contributed by atoms with van der Waals surface area (Å²) < 4.78 is 0. The first-order chi connectivity index (χ1) is 13.6. The Morgan fingerprint density at radius 2 is 1.59 bits per heavy atom. The van der Waals surface area contributed by atoms with Crippen molar-refractivity contribution in [3.63, 3.8) is 0 Å². The topological polar surface area (TPSA) is 20.2 Å². The average molecular weight is 401 g/mol. The smallest absolute Gasteiger partial charge is 0.0743 e. The summed E-state index contributed by atoms with van der Waals surface area (Å²) in [5.41, 5.74) is 1.75. The van der Waals surface area contributed by atoms with Crippen molar-refractivity contribution in [3.05, 3.63) is 12.2 Å². The van der Waals surface area contributed by atoms with Gasteiger partial charge < -0.3 is 5.11 Å². The molecule has 0 aromatic heterocycles. The van der Waals surface area contributed by atoms with Gasteiger partial charge in [-0.3, -0.25) is 0 Å². The Bertz CT molecular complexity index is 618. The second kappa shape index (κ2) is 7.68. The molecule has 166 valence electrons. The number of rotatable bonds is 4. The molecule has 0 aliphatic heterocycles. The maximum Gasteiger partial charge on any atom is 0.0743 e. The molecule has 1 nitrogen and oxygen atoms in total. The molecule has 8 atom stereocenters. The lowest BCUT2D eigenvalue weighted by molar-refractivity contribution is -0.126. The Hall–Kier alpha value is -0.300. The largest absolute Gasteiger partial charge is 0.389 e. The third-order valence-electron chi connectivity index (χ3n) is 10.8. The van der Waals surface area contributed by atoms with Crippen molar-refractivity contribution in [3.8, 4) is 0 Å². The van der Waals surface area contributed by atoms with Crippen LogP contribution in [0.5, 0.6) is 0 Å². The molecule has 4 saturated carbocycles. The molecule has 0 bridgehead atoms. The molecule has 0 radical (unpaired) electrons. The number of fused-ring (bicyclic) bond motifs is 5. The first-order valence-corrected chi connectivity index (χ1v) is 12.9. The molecule has 1 heteroatoms. The van der Waals surface area contributed by atoms with Gasteiger partial charge in [0.1, 0.15) is 0 Å². The molecule has 4 aliphatic carbocycles. The Labute approximate surface area is 181 Å². The Morgan fingerprint density at radius 3 is 2.31 bits per heavy atom. The molecule has 29 heavy (non-hydrogen) atoms. The van der Waals surface area contributed by atoms with Gasteiger partial charge in [0, 0.05) is 0 Å². The van der Waals surface area contributed by atoms with Gasteiger partial charge in [0.15, 0.2) is 0 Å². The predicted molar refractivity (Wildman–Crippen MR) is 124 cm³/mol. The second-order valence-electron chi connectivity index (χ2n) is 13.2. The van der Waals surface area contributed by atoms with Crippen molar-refractivity contribution >= 4 is 0 Å². The van der Waals surface area contributed by atoms with Crippen molar-refractivity contribution in [1.82, 2.24) is 0 Å². The molecular formula is C28H48O. The summed E-state index contributed by atoms with van der Waals surface area (Å²) >= 11 is 0. The SMILES string of the molecule is CC(C)C(O)/C=C/CC1CCC2C3CC[C@H]4CC(C)(C)CCC4(C)C3CCC12C. The zero-order chi connectivity index (χ0) is 21.0. The van der Waals surface area contributed by atoms with E-state index in [1.165, 1.54) is 64.2 Å².